The standard InChI is InChI=1S/C8H11NO3/c1-6(10)12-9-7(11)4-5-8(9,2)3/h4-5H,1-3H3. The first-order valence-electron chi connectivity index (χ1n) is 3.65. The van der Waals surface area contributed by atoms with Crippen molar-refractivity contribution in [2.45, 2.75) is 26.3 Å². The third kappa shape index (κ3) is 1.47. The van der Waals surface area contributed by atoms with E-state index < -0.39 is 11.5 Å². The molecule has 0 spiro atoms. The number of carbonyl (C=O) groups excluding carboxylic acids is 2. The fraction of sp³-hybridized carbons (Fsp3) is 0.500. The maximum absolute atomic E-state index is 11.1. The monoisotopic (exact) mass is 169 g/mol. The van der Waals surface area contributed by atoms with Gasteiger partial charge in [0.05, 0.1) is 5.54 Å². The van der Waals surface area contributed by atoms with Crippen molar-refractivity contribution in [2.75, 3.05) is 0 Å². The third-order valence-corrected chi connectivity index (χ3v) is 1.58. The predicted molar refractivity (Wildman–Crippen MR) is 41.8 cm³/mol. The summed E-state index contributed by atoms with van der Waals surface area (Å²) in [6, 6.07) is 0. The van der Waals surface area contributed by atoms with Crippen LogP contribution in [0.25, 0.3) is 0 Å². The van der Waals surface area contributed by atoms with E-state index in [9.17, 15) is 9.59 Å². The minimum Gasteiger partial charge on any atom is -0.337 e. The first-order chi connectivity index (χ1) is 5.43. The maximum atomic E-state index is 11.1. The minimum atomic E-state index is -0.525. The molecule has 0 aromatic carbocycles. The van der Waals surface area contributed by atoms with Crippen LogP contribution < -0.4 is 0 Å². The second-order valence-electron chi connectivity index (χ2n) is 3.20. The zero-order valence-electron chi connectivity index (χ0n) is 7.33. The smallest absolute Gasteiger partial charge is 0.329 e. The molecule has 0 aromatic rings. The largest absolute Gasteiger partial charge is 0.337 e. The normalized spacial score (nSPS) is 19.9. The van der Waals surface area contributed by atoms with Gasteiger partial charge in [0.2, 0.25) is 0 Å². The summed E-state index contributed by atoms with van der Waals surface area (Å²) in [6.07, 6.45) is 3.08. The number of carbonyl (C=O) groups is 2. The van der Waals surface area contributed by atoms with Crippen LogP contribution in [0.1, 0.15) is 20.8 Å². The molecule has 66 valence electrons. The van der Waals surface area contributed by atoms with Crippen molar-refractivity contribution in [2.24, 2.45) is 0 Å². The molecule has 0 saturated heterocycles. The van der Waals surface area contributed by atoms with Gasteiger partial charge in [-0.05, 0) is 13.8 Å². The van der Waals surface area contributed by atoms with Crippen LogP contribution in [0.2, 0.25) is 0 Å². The summed E-state index contributed by atoms with van der Waals surface area (Å²) in [5.41, 5.74) is -0.525. The fourth-order valence-electron chi connectivity index (χ4n) is 0.986. The van der Waals surface area contributed by atoms with Gasteiger partial charge in [-0.25, -0.2) is 0 Å². The van der Waals surface area contributed by atoms with Gasteiger partial charge in [-0.1, -0.05) is 6.08 Å². The van der Waals surface area contributed by atoms with Gasteiger partial charge in [0.15, 0.2) is 0 Å². The van der Waals surface area contributed by atoms with Crippen molar-refractivity contribution in [1.29, 1.82) is 0 Å². The molecule has 0 radical (unpaired) electrons. The highest BCUT2D eigenvalue weighted by atomic mass is 16.7. The zero-order valence-corrected chi connectivity index (χ0v) is 7.33. The summed E-state index contributed by atoms with van der Waals surface area (Å²) >= 11 is 0. The Labute approximate surface area is 70.7 Å². The van der Waals surface area contributed by atoms with Crippen molar-refractivity contribution in [1.82, 2.24) is 5.06 Å². The van der Waals surface area contributed by atoms with Crippen molar-refractivity contribution >= 4 is 11.9 Å². The van der Waals surface area contributed by atoms with Crippen LogP contribution >= 0.6 is 0 Å². The molecule has 0 saturated carbocycles. The van der Waals surface area contributed by atoms with Crippen LogP contribution in [0.4, 0.5) is 0 Å². The highest BCUT2D eigenvalue weighted by molar-refractivity contribution is 5.91. The Hall–Kier alpha value is -1.32. The predicted octanol–water partition coefficient (Wildman–Crippen LogP) is 0.641. The van der Waals surface area contributed by atoms with Crippen molar-refractivity contribution in [3.63, 3.8) is 0 Å². The summed E-state index contributed by atoms with van der Waals surface area (Å²) < 4.78 is 0. The van der Waals surface area contributed by atoms with E-state index in [0.29, 0.717) is 0 Å². The lowest BCUT2D eigenvalue weighted by molar-refractivity contribution is -0.205. The molecular formula is C8H11NO3. The average Bonchev–Trinajstić information content (AvgIpc) is 2.15. The lowest BCUT2D eigenvalue weighted by atomic mass is 10.1. The Kier molecular flexibility index (Phi) is 1.92. The van der Waals surface area contributed by atoms with Gasteiger partial charge in [0, 0.05) is 13.0 Å². The molecule has 0 bridgehead atoms. The molecule has 1 amide bonds. The molecule has 0 atom stereocenters. The van der Waals surface area contributed by atoms with Crippen LogP contribution in [-0.2, 0) is 14.4 Å². The lowest BCUT2D eigenvalue weighted by Crippen LogP contribution is -2.42. The second kappa shape index (κ2) is 2.62. The zero-order chi connectivity index (χ0) is 9.35. The summed E-state index contributed by atoms with van der Waals surface area (Å²) in [6.45, 7) is 4.84. The summed E-state index contributed by atoms with van der Waals surface area (Å²) in [5.74, 6) is -0.782. The Morgan fingerprint density at radius 3 is 2.50 bits per heavy atom. The van der Waals surface area contributed by atoms with Gasteiger partial charge in [-0.3, -0.25) is 9.59 Å². The molecule has 0 N–H and O–H groups in total. The van der Waals surface area contributed by atoms with Gasteiger partial charge < -0.3 is 4.84 Å². The SMILES string of the molecule is CC(=O)ON1C(=O)C=CC1(C)C. The molecule has 4 heteroatoms. The first-order valence-corrected chi connectivity index (χ1v) is 3.65. The summed E-state index contributed by atoms with van der Waals surface area (Å²) in [5, 5.41) is 1.06. The Morgan fingerprint density at radius 1 is 1.58 bits per heavy atom. The summed E-state index contributed by atoms with van der Waals surface area (Å²) in [4.78, 5) is 26.4. The molecule has 1 aliphatic rings. The molecule has 0 aromatic heterocycles. The van der Waals surface area contributed by atoms with Crippen LogP contribution in [0.15, 0.2) is 12.2 Å². The molecule has 0 unspecified atom stereocenters. The molecule has 4 nitrogen and oxygen atoms in total. The van der Waals surface area contributed by atoms with E-state index in [1.807, 2.05) is 0 Å². The van der Waals surface area contributed by atoms with Crippen LogP contribution in [0.3, 0.4) is 0 Å². The van der Waals surface area contributed by atoms with E-state index in [0.717, 1.165) is 5.06 Å². The quantitative estimate of drug-likeness (QED) is 0.578. The molecule has 0 fully saturated rings. The highest BCUT2D eigenvalue weighted by Gasteiger charge is 2.35. The van der Waals surface area contributed by atoms with Crippen LogP contribution in [0, 0.1) is 0 Å². The lowest BCUT2D eigenvalue weighted by Gasteiger charge is -2.28. The van der Waals surface area contributed by atoms with Gasteiger partial charge in [-0.2, -0.15) is 5.06 Å². The Balaban J connectivity index is 2.76. The van der Waals surface area contributed by atoms with E-state index in [2.05, 4.69) is 0 Å². The second-order valence-corrected chi connectivity index (χ2v) is 3.20. The average molecular weight is 169 g/mol. The molecule has 1 heterocycles. The van der Waals surface area contributed by atoms with E-state index >= 15 is 0 Å². The number of hydrogen-bond donors (Lipinski definition) is 0. The first kappa shape index (κ1) is 8.77. The van der Waals surface area contributed by atoms with E-state index in [1.54, 1.807) is 19.9 Å². The minimum absolute atomic E-state index is 0.296. The number of hydroxylamine groups is 2. The van der Waals surface area contributed by atoms with E-state index in [4.69, 9.17) is 4.84 Å². The van der Waals surface area contributed by atoms with Crippen LogP contribution in [-0.4, -0.2) is 22.5 Å². The van der Waals surface area contributed by atoms with Gasteiger partial charge in [0.1, 0.15) is 0 Å². The molecule has 1 rings (SSSR count). The molecule has 0 aliphatic carbocycles. The Morgan fingerprint density at radius 2 is 2.17 bits per heavy atom. The molecule has 1 aliphatic heterocycles. The fourth-order valence-corrected chi connectivity index (χ4v) is 0.986. The van der Waals surface area contributed by atoms with E-state index in [-0.39, 0.29) is 5.91 Å². The molecule has 12 heavy (non-hydrogen) atoms. The number of amides is 1. The number of hydrogen-bond acceptors (Lipinski definition) is 3. The van der Waals surface area contributed by atoms with Gasteiger partial charge >= 0.3 is 5.97 Å². The Bertz CT molecular complexity index is 255. The number of rotatable bonds is 1. The van der Waals surface area contributed by atoms with Crippen molar-refractivity contribution < 1.29 is 14.4 Å². The summed E-state index contributed by atoms with van der Waals surface area (Å²) in [7, 11) is 0. The highest BCUT2D eigenvalue weighted by Crippen LogP contribution is 2.22. The van der Waals surface area contributed by atoms with Crippen molar-refractivity contribution in [3.05, 3.63) is 12.2 Å². The topological polar surface area (TPSA) is 46.6 Å². The van der Waals surface area contributed by atoms with Crippen molar-refractivity contribution in [3.8, 4) is 0 Å². The van der Waals surface area contributed by atoms with E-state index in [1.165, 1.54) is 13.0 Å². The molecular weight excluding hydrogens is 158 g/mol. The van der Waals surface area contributed by atoms with Crippen LogP contribution in [0.5, 0.6) is 0 Å². The number of nitrogens with zero attached hydrogens (tertiary/aromatic N) is 1. The van der Waals surface area contributed by atoms with Gasteiger partial charge in [-0.15, -0.1) is 0 Å². The maximum Gasteiger partial charge on any atom is 0.329 e. The third-order valence-electron chi connectivity index (χ3n) is 1.58. The van der Waals surface area contributed by atoms with Gasteiger partial charge in [0.25, 0.3) is 5.91 Å².